The van der Waals surface area contributed by atoms with Crippen molar-refractivity contribution in [2.45, 2.75) is 43.9 Å². The van der Waals surface area contributed by atoms with Crippen molar-refractivity contribution in [3.8, 4) is 0 Å². The van der Waals surface area contributed by atoms with Gasteiger partial charge in [-0.3, -0.25) is 15.5 Å². The molecule has 3 amide bonds. The molecule has 2 fully saturated rings. The zero-order chi connectivity index (χ0) is 17.6. The molecule has 0 aromatic rings. The molecule has 1 unspecified atom stereocenters. The van der Waals surface area contributed by atoms with Crippen LogP contribution in [0.1, 0.15) is 13.3 Å². The highest BCUT2D eigenvalue weighted by atomic mass is 16.6. The van der Waals surface area contributed by atoms with Crippen LogP contribution in [0.3, 0.4) is 0 Å². The van der Waals surface area contributed by atoms with Crippen molar-refractivity contribution in [3.05, 3.63) is 0 Å². The number of carbonyl (C=O) groups excluding carboxylic acids is 2. The first kappa shape index (κ1) is 16.8. The van der Waals surface area contributed by atoms with Gasteiger partial charge in [0.15, 0.2) is 18.1 Å². The third-order valence-corrected chi connectivity index (χ3v) is 4.21. The molecule has 0 bridgehead atoms. The second kappa shape index (κ2) is 6.09. The maximum Gasteiger partial charge on any atom is 0.328 e. The number of rotatable bonds is 4. The number of hydrogen-bond donors (Lipinski definition) is 5. The van der Waals surface area contributed by atoms with Gasteiger partial charge < -0.3 is 25.0 Å². The van der Waals surface area contributed by atoms with Gasteiger partial charge in [0.2, 0.25) is 5.96 Å². The average Bonchev–Trinajstić information content (AvgIpc) is 2.96. The molecular weight excluding hydrogens is 322 g/mol. The number of guanidine groups is 1. The highest BCUT2D eigenvalue weighted by molar-refractivity contribution is 6.25. The van der Waals surface area contributed by atoms with E-state index in [1.807, 2.05) is 6.92 Å². The maximum absolute atomic E-state index is 12.7. The van der Waals surface area contributed by atoms with E-state index in [-0.39, 0.29) is 12.4 Å². The Bertz CT molecular complexity index is 610. The van der Waals surface area contributed by atoms with Crippen molar-refractivity contribution < 1.29 is 29.6 Å². The normalized spacial score (nSPS) is 36.1. The largest absolute Gasteiger partial charge is 0.394 e. The van der Waals surface area contributed by atoms with Crippen LogP contribution in [0.5, 0.6) is 0 Å². The van der Waals surface area contributed by atoms with Gasteiger partial charge in [0.1, 0.15) is 18.3 Å². The van der Waals surface area contributed by atoms with E-state index in [4.69, 9.17) is 10.1 Å². The van der Waals surface area contributed by atoms with E-state index < -0.39 is 55.1 Å². The van der Waals surface area contributed by atoms with E-state index in [9.17, 15) is 24.9 Å². The molecule has 11 nitrogen and oxygen atoms in total. The molecule has 5 atom stereocenters. The minimum atomic E-state index is -1.48. The van der Waals surface area contributed by atoms with Gasteiger partial charge in [0, 0.05) is 6.54 Å². The Morgan fingerprint density at radius 2 is 2.04 bits per heavy atom. The van der Waals surface area contributed by atoms with Crippen molar-refractivity contribution in [1.29, 1.82) is 5.41 Å². The zero-order valence-electron chi connectivity index (χ0n) is 12.9. The molecule has 11 heteroatoms. The summed E-state index contributed by atoms with van der Waals surface area (Å²) in [7, 11) is 0. The number of ether oxygens (including phenoxy) is 1. The van der Waals surface area contributed by atoms with Crippen molar-refractivity contribution in [2.24, 2.45) is 4.99 Å². The van der Waals surface area contributed by atoms with Crippen LogP contribution in [0.15, 0.2) is 4.99 Å². The predicted octanol–water partition coefficient (Wildman–Crippen LogP) is -2.60. The van der Waals surface area contributed by atoms with Crippen LogP contribution in [0.4, 0.5) is 4.79 Å². The number of hydrogen-bond acceptors (Lipinski definition) is 7. The van der Waals surface area contributed by atoms with Gasteiger partial charge >= 0.3 is 6.03 Å². The fourth-order valence-electron chi connectivity index (χ4n) is 3.12. The number of aliphatic imine (C=N–C) groups is 1. The van der Waals surface area contributed by atoms with Crippen molar-refractivity contribution in [1.82, 2.24) is 15.1 Å². The van der Waals surface area contributed by atoms with Crippen LogP contribution in [0.25, 0.3) is 0 Å². The summed E-state index contributed by atoms with van der Waals surface area (Å²) in [5.74, 6) is -1.02. The third kappa shape index (κ3) is 2.36. The number of nitrogens with one attached hydrogen (secondary N) is 2. The second-order valence-corrected chi connectivity index (χ2v) is 5.79. The van der Waals surface area contributed by atoms with Crippen molar-refractivity contribution in [2.75, 3.05) is 13.2 Å². The molecule has 3 rings (SSSR count). The lowest BCUT2D eigenvalue weighted by Gasteiger charge is -2.26. The first-order valence-corrected chi connectivity index (χ1v) is 7.61. The lowest BCUT2D eigenvalue weighted by molar-refractivity contribution is -0.121. The number of aliphatic hydroxyl groups is 3. The van der Waals surface area contributed by atoms with Crippen molar-refractivity contribution >= 4 is 23.7 Å². The van der Waals surface area contributed by atoms with Crippen LogP contribution in [0, 0.1) is 5.41 Å². The predicted molar refractivity (Wildman–Crippen MR) is 79.1 cm³/mol. The van der Waals surface area contributed by atoms with Gasteiger partial charge in [0.05, 0.1) is 6.61 Å². The summed E-state index contributed by atoms with van der Waals surface area (Å²) < 4.78 is 5.38. The molecule has 0 radical (unpaired) electrons. The molecule has 132 valence electrons. The van der Waals surface area contributed by atoms with E-state index in [0.29, 0.717) is 6.42 Å². The van der Waals surface area contributed by atoms with Gasteiger partial charge in [-0.15, -0.1) is 0 Å². The molecule has 0 aromatic carbocycles. The molecule has 0 aliphatic carbocycles. The first-order valence-electron chi connectivity index (χ1n) is 7.61. The molecule has 3 aliphatic rings. The summed E-state index contributed by atoms with van der Waals surface area (Å²) in [5, 5.41) is 39.1. The van der Waals surface area contributed by atoms with Gasteiger partial charge in [-0.25, -0.2) is 9.69 Å². The molecule has 0 aromatic heterocycles. The van der Waals surface area contributed by atoms with Crippen LogP contribution >= 0.6 is 0 Å². The minimum Gasteiger partial charge on any atom is -0.394 e. The highest BCUT2D eigenvalue weighted by Crippen LogP contribution is 2.31. The smallest absolute Gasteiger partial charge is 0.328 e. The Hall–Kier alpha value is -2.08. The summed E-state index contributed by atoms with van der Waals surface area (Å²) in [6.45, 7) is 1.57. The Balaban J connectivity index is 1.99. The zero-order valence-corrected chi connectivity index (χ0v) is 12.9. The Labute approximate surface area is 137 Å². The fraction of sp³-hybridized carbons (Fsp3) is 0.692. The number of nitrogens with zero attached hydrogens (tertiary/aromatic N) is 3. The standard InChI is InChI=1S/C13H19N5O6/c1-2-3-17-6-9(15-12(14)16-10(6)22)18(13(17)23)11-8(21)7(20)5(4-19)24-11/h5-8,11,19-21H,2-4H2,1H3,(H2,14,16,22)/t5-,6?,7+,8-,11-/m1/s1. The third-order valence-electron chi connectivity index (χ3n) is 4.21. The van der Waals surface area contributed by atoms with E-state index >= 15 is 0 Å². The van der Waals surface area contributed by atoms with Crippen LogP contribution in [0.2, 0.25) is 0 Å². The molecule has 2 saturated heterocycles. The summed E-state index contributed by atoms with van der Waals surface area (Å²) in [6.07, 6.45) is -4.64. The van der Waals surface area contributed by atoms with E-state index in [0.717, 1.165) is 4.90 Å². The molecule has 0 spiro atoms. The molecule has 3 aliphatic heterocycles. The summed E-state index contributed by atoms with van der Waals surface area (Å²) in [5.41, 5.74) is 0. The number of urea groups is 1. The maximum atomic E-state index is 12.7. The molecule has 5 N–H and O–H groups in total. The van der Waals surface area contributed by atoms with Gasteiger partial charge in [0.25, 0.3) is 5.91 Å². The Kier molecular flexibility index (Phi) is 4.25. The quantitative estimate of drug-likeness (QED) is 0.377. The number of amides is 3. The van der Waals surface area contributed by atoms with E-state index in [1.54, 1.807) is 0 Å². The monoisotopic (exact) mass is 341 g/mol. The van der Waals surface area contributed by atoms with Gasteiger partial charge in [-0.2, -0.15) is 4.99 Å². The molecular formula is C13H19N5O6. The lowest BCUT2D eigenvalue weighted by atomic mass is 10.1. The highest BCUT2D eigenvalue weighted by Gasteiger charge is 2.56. The van der Waals surface area contributed by atoms with Crippen LogP contribution < -0.4 is 5.32 Å². The van der Waals surface area contributed by atoms with E-state index in [2.05, 4.69) is 10.3 Å². The number of aliphatic hydroxyl groups excluding tert-OH is 3. The SMILES string of the molecule is CCCN1C(=O)N([C@@H]2O[C@H](CO)[C@H](O)[C@H]2O)C2=NC(=N)NC(=O)C21. The molecule has 0 saturated carbocycles. The topological polar surface area (TPSA) is 159 Å². The second-order valence-electron chi connectivity index (χ2n) is 5.79. The van der Waals surface area contributed by atoms with Gasteiger partial charge in [-0.1, -0.05) is 6.92 Å². The van der Waals surface area contributed by atoms with Crippen LogP contribution in [-0.4, -0.2) is 92.6 Å². The molecule has 24 heavy (non-hydrogen) atoms. The van der Waals surface area contributed by atoms with Gasteiger partial charge in [-0.05, 0) is 6.42 Å². The van der Waals surface area contributed by atoms with Crippen molar-refractivity contribution in [3.63, 3.8) is 0 Å². The number of amidine groups is 1. The van der Waals surface area contributed by atoms with E-state index in [1.165, 1.54) is 4.90 Å². The number of fused-ring (bicyclic) bond motifs is 1. The fourth-order valence-corrected chi connectivity index (χ4v) is 3.12. The summed E-state index contributed by atoms with van der Waals surface area (Å²) in [4.78, 5) is 31.1. The average molecular weight is 341 g/mol. The van der Waals surface area contributed by atoms with Crippen LogP contribution in [-0.2, 0) is 9.53 Å². The first-order chi connectivity index (χ1) is 11.4. The lowest BCUT2D eigenvalue weighted by Crippen LogP contribution is -2.54. The summed E-state index contributed by atoms with van der Waals surface area (Å²) in [6, 6.07) is -1.63. The Morgan fingerprint density at radius 3 is 2.62 bits per heavy atom. The number of carbonyl (C=O) groups is 2. The molecule has 3 heterocycles. The summed E-state index contributed by atoms with van der Waals surface area (Å²) >= 11 is 0. The minimum absolute atomic E-state index is 0.0305. The Morgan fingerprint density at radius 1 is 1.33 bits per heavy atom.